The van der Waals surface area contributed by atoms with Gasteiger partial charge in [0.1, 0.15) is 11.9 Å². The molecule has 34 heavy (non-hydrogen) atoms. The lowest BCUT2D eigenvalue weighted by atomic mass is 9.66. The van der Waals surface area contributed by atoms with Crippen LogP contribution in [0.3, 0.4) is 0 Å². The van der Waals surface area contributed by atoms with Crippen molar-refractivity contribution in [2.75, 3.05) is 0 Å². The van der Waals surface area contributed by atoms with Gasteiger partial charge in [-0.05, 0) is 92.6 Å². The Labute approximate surface area is 203 Å². The van der Waals surface area contributed by atoms with Crippen LogP contribution in [0.4, 0.5) is 0 Å². The van der Waals surface area contributed by atoms with Gasteiger partial charge in [0.25, 0.3) is 0 Å². The summed E-state index contributed by atoms with van der Waals surface area (Å²) in [4.78, 5) is 14.1. The number of carbonyl (C=O) groups is 1. The van der Waals surface area contributed by atoms with E-state index in [9.17, 15) is 4.79 Å². The fourth-order valence-corrected chi connectivity index (χ4v) is 6.83. The lowest BCUT2D eigenvalue weighted by Crippen LogP contribution is -2.40. The van der Waals surface area contributed by atoms with Gasteiger partial charge in [-0.1, -0.05) is 72.3 Å². The first-order chi connectivity index (χ1) is 16.7. The number of ketones is 1. The van der Waals surface area contributed by atoms with E-state index in [2.05, 4.69) is 54.6 Å². The second kappa shape index (κ2) is 9.06. The van der Waals surface area contributed by atoms with Crippen LogP contribution in [0.25, 0.3) is 6.08 Å². The summed E-state index contributed by atoms with van der Waals surface area (Å²) in [5.41, 5.74) is 5.74. The highest BCUT2D eigenvalue weighted by Gasteiger charge is 2.56. The number of benzene rings is 2. The van der Waals surface area contributed by atoms with E-state index in [0.717, 1.165) is 42.4 Å². The molecule has 2 aromatic rings. The molecule has 6 rings (SSSR count). The van der Waals surface area contributed by atoms with Gasteiger partial charge in [0, 0.05) is 5.92 Å². The minimum absolute atomic E-state index is 0.202. The molecule has 3 atom stereocenters. The largest absolute Gasteiger partial charge is 0.488 e. The van der Waals surface area contributed by atoms with Crippen LogP contribution in [-0.4, -0.2) is 5.78 Å². The van der Waals surface area contributed by atoms with Crippen LogP contribution < -0.4 is 0 Å². The molecule has 1 heterocycles. The molecule has 1 aliphatic heterocycles. The molecule has 0 saturated heterocycles. The summed E-state index contributed by atoms with van der Waals surface area (Å²) in [6, 6.07) is 20.8. The van der Waals surface area contributed by atoms with Crippen molar-refractivity contribution in [3.63, 3.8) is 0 Å². The maximum absolute atomic E-state index is 14.1. The van der Waals surface area contributed by atoms with Gasteiger partial charge in [0.2, 0.25) is 0 Å². The molecular weight excluding hydrogens is 416 g/mol. The lowest BCUT2D eigenvalue weighted by molar-refractivity contribution is -0.134. The van der Waals surface area contributed by atoms with Gasteiger partial charge in [0.05, 0.1) is 5.41 Å². The van der Waals surface area contributed by atoms with E-state index in [4.69, 9.17) is 4.74 Å². The Morgan fingerprint density at radius 1 is 0.882 bits per heavy atom. The van der Waals surface area contributed by atoms with Crippen LogP contribution in [0.2, 0.25) is 0 Å². The Morgan fingerprint density at radius 3 is 2.44 bits per heavy atom. The zero-order valence-corrected chi connectivity index (χ0v) is 20.0. The quantitative estimate of drug-likeness (QED) is 0.348. The van der Waals surface area contributed by atoms with Gasteiger partial charge in [-0.15, -0.1) is 0 Å². The molecule has 2 aromatic carbocycles. The first kappa shape index (κ1) is 21.6. The molecule has 0 bridgehead atoms. The average Bonchev–Trinajstić information content (AvgIpc) is 3.19. The van der Waals surface area contributed by atoms with Crippen LogP contribution in [0.5, 0.6) is 0 Å². The van der Waals surface area contributed by atoms with E-state index < -0.39 is 5.41 Å². The number of Topliss-reactive ketones (excluding diaryl/α,β-unsaturated/α-hetero) is 1. The van der Waals surface area contributed by atoms with Gasteiger partial charge in [-0.25, -0.2) is 0 Å². The average molecular weight is 451 g/mol. The van der Waals surface area contributed by atoms with Crippen LogP contribution in [-0.2, 0) is 9.53 Å². The fraction of sp³-hybridized carbons (Fsp3) is 0.406. The van der Waals surface area contributed by atoms with E-state index in [1.54, 1.807) is 5.57 Å². The van der Waals surface area contributed by atoms with E-state index in [0.29, 0.717) is 11.7 Å². The van der Waals surface area contributed by atoms with Crippen molar-refractivity contribution in [2.24, 2.45) is 11.3 Å². The predicted molar refractivity (Wildman–Crippen MR) is 137 cm³/mol. The highest BCUT2D eigenvalue weighted by molar-refractivity contribution is 6.06. The van der Waals surface area contributed by atoms with Crippen molar-refractivity contribution in [1.82, 2.24) is 0 Å². The third-order valence-corrected chi connectivity index (χ3v) is 8.51. The summed E-state index contributed by atoms with van der Waals surface area (Å²) in [6.07, 6.45) is 15.4. The molecule has 0 aromatic heterocycles. The second-order valence-electron chi connectivity index (χ2n) is 10.6. The number of rotatable bonds is 3. The summed E-state index contributed by atoms with van der Waals surface area (Å²) in [5, 5.41) is 0. The van der Waals surface area contributed by atoms with Gasteiger partial charge in [-0.3, -0.25) is 4.79 Å². The molecule has 174 valence electrons. The summed E-state index contributed by atoms with van der Waals surface area (Å²) in [5.74, 6) is 1.94. The third kappa shape index (κ3) is 3.78. The van der Waals surface area contributed by atoms with E-state index >= 15 is 0 Å². The van der Waals surface area contributed by atoms with Crippen LogP contribution >= 0.6 is 0 Å². The van der Waals surface area contributed by atoms with Crippen molar-refractivity contribution >= 4 is 11.9 Å². The van der Waals surface area contributed by atoms with Gasteiger partial charge >= 0.3 is 0 Å². The smallest absolute Gasteiger partial charge is 0.169 e. The van der Waals surface area contributed by atoms with Crippen molar-refractivity contribution in [3.05, 3.63) is 100 Å². The Balaban J connectivity index is 1.41. The predicted octanol–water partition coefficient (Wildman–Crippen LogP) is 8.14. The van der Waals surface area contributed by atoms with Crippen molar-refractivity contribution in [3.8, 4) is 0 Å². The molecule has 1 spiro atoms. The summed E-state index contributed by atoms with van der Waals surface area (Å²) in [7, 11) is 0. The third-order valence-electron chi connectivity index (χ3n) is 8.51. The number of carbonyl (C=O) groups excluding carboxylic acids is 1. The number of hydrogen-bond donors (Lipinski definition) is 0. The number of ether oxygens (including phenoxy) is 1. The summed E-state index contributed by atoms with van der Waals surface area (Å²) >= 11 is 0. The maximum Gasteiger partial charge on any atom is 0.169 e. The molecule has 0 unspecified atom stereocenters. The molecular formula is C32H34O2. The van der Waals surface area contributed by atoms with E-state index in [1.165, 1.54) is 49.9 Å². The van der Waals surface area contributed by atoms with Gasteiger partial charge in [0.15, 0.2) is 5.78 Å². The summed E-state index contributed by atoms with van der Waals surface area (Å²) in [6.45, 7) is 0. The molecule has 0 N–H and O–H groups in total. The first-order valence-corrected chi connectivity index (χ1v) is 13.2. The highest BCUT2D eigenvalue weighted by Crippen LogP contribution is 2.59. The van der Waals surface area contributed by atoms with Gasteiger partial charge < -0.3 is 4.74 Å². The van der Waals surface area contributed by atoms with Crippen molar-refractivity contribution in [1.29, 1.82) is 0 Å². The molecule has 2 heteroatoms. The molecule has 3 aliphatic carbocycles. The number of allylic oxidation sites excluding steroid dienone is 4. The monoisotopic (exact) mass is 450 g/mol. The highest BCUT2D eigenvalue weighted by atomic mass is 16.5. The second-order valence-corrected chi connectivity index (χ2v) is 10.6. The van der Waals surface area contributed by atoms with Crippen molar-refractivity contribution in [2.45, 2.75) is 70.3 Å². The normalized spacial score (nSPS) is 30.3. The Bertz CT molecular complexity index is 1150. The lowest BCUT2D eigenvalue weighted by Gasteiger charge is -2.46. The molecule has 1 saturated carbocycles. The summed E-state index contributed by atoms with van der Waals surface area (Å²) < 4.78 is 7.04. The Morgan fingerprint density at radius 2 is 1.68 bits per heavy atom. The minimum Gasteiger partial charge on any atom is -0.488 e. The topological polar surface area (TPSA) is 26.3 Å². The molecule has 1 fully saturated rings. The molecule has 0 radical (unpaired) electrons. The van der Waals surface area contributed by atoms with Crippen LogP contribution in [0.1, 0.15) is 81.4 Å². The SMILES string of the molecule is O=C1/C(=C/c2ccccc2)CC[C@@]12CC1=C(O[C@@H]2c2ccccc2)[C@@H](C2=CCCCC2)CCC1. The Hall–Kier alpha value is -2.87. The standard InChI is InChI=1S/C32H34O2/c33-30-26(21-23-11-4-1-5-12-23)19-20-32(30)22-27-17-10-18-28(24-13-6-2-7-14-24)29(27)34-31(32)25-15-8-3-9-16-25/h1,3-5,8-9,11-13,15-16,21,28,31H,2,6-7,10,14,17-20,22H2/b26-21+/t28-,31-,32-/m1/s1. The van der Waals surface area contributed by atoms with Crippen molar-refractivity contribution < 1.29 is 9.53 Å². The maximum atomic E-state index is 14.1. The fourth-order valence-electron chi connectivity index (χ4n) is 6.83. The van der Waals surface area contributed by atoms with Gasteiger partial charge in [-0.2, -0.15) is 0 Å². The van der Waals surface area contributed by atoms with E-state index in [1.807, 2.05) is 18.2 Å². The molecule has 4 aliphatic rings. The first-order valence-electron chi connectivity index (χ1n) is 13.2. The number of hydrogen-bond acceptors (Lipinski definition) is 2. The van der Waals surface area contributed by atoms with Crippen LogP contribution in [0, 0.1) is 11.3 Å². The zero-order chi connectivity index (χ0) is 23.0. The minimum atomic E-state index is -0.483. The molecule has 0 amide bonds. The Kier molecular flexibility index (Phi) is 5.77. The molecule has 2 nitrogen and oxygen atoms in total. The van der Waals surface area contributed by atoms with Crippen LogP contribution in [0.15, 0.2) is 89.2 Å². The van der Waals surface area contributed by atoms with E-state index in [-0.39, 0.29) is 6.10 Å². The zero-order valence-electron chi connectivity index (χ0n) is 20.0.